The molecule has 0 saturated carbocycles. The molecular weight excluding hydrogens is 374 g/mol. The summed E-state index contributed by atoms with van der Waals surface area (Å²) in [6.45, 7) is 7.24. The molecule has 0 aliphatic heterocycles. The third-order valence-electron chi connectivity index (χ3n) is 5.55. The van der Waals surface area contributed by atoms with Crippen molar-refractivity contribution in [2.45, 2.75) is 40.3 Å². The van der Waals surface area contributed by atoms with Crippen LogP contribution in [0, 0.1) is 13.8 Å². The molecule has 6 heteroatoms. The minimum atomic E-state index is -0.0448. The third-order valence-corrected chi connectivity index (χ3v) is 5.55. The average Bonchev–Trinajstić information content (AvgIpc) is 3.03. The van der Waals surface area contributed by atoms with Gasteiger partial charge in [-0.1, -0.05) is 48.9 Å². The van der Waals surface area contributed by atoms with Gasteiger partial charge in [0.1, 0.15) is 16.7 Å². The summed E-state index contributed by atoms with van der Waals surface area (Å²) < 4.78 is 3.77. The van der Waals surface area contributed by atoms with Gasteiger partial charge in [0.05, 0.1) is 17.6 Å². The second-order valence-corrected chi connectivity index (χ2v) is 7.77. The molecule has 0 aliphatic rings. The molecule has 3 aromatic heterocycles. The highest BCUT2D eigenvalue weighted by atomic mass is 16.1. The van der Waals surface area contributed by atoms with Crippen LogP contribution in [-0.4, -0.2) is 24.1 Å². The van der Waals surface area contributed by atoms with Gasteiger partial charge in [0.25, 0.3) is 5.56 Å². The maximum absolute atomic E-state index is 13.4. The van der Waals surface area contributed by atoms with Crippen molar-refractivity contribution in [3.8, 4) is 0 Å². The fourth-order valence-electron chi connectivity index (χ4n) is 4.01. The first-order valence-corrected chi connectivity index (χ1v) is 10.3. The lowest BCUT2D eigenvalue weighted by molar-refractivity contribution is 0.623. The summed E-state index contributed by atoms with van der Waals surface area (Å²) in [6, 6.07) is 16.2. The molecule has 0 spiro atoms. The molecular formula is C24H23N5O. The zero-order valence-corrected chi connectivity index (χ0v) is 17.4. The van der Waals surface area contributed by atoms with Crippen LogP contribution in [0.25, 0.3) is 33.2 Å². The lowest BCUT2D eigenvalue weighted by atomic mass is 10.1. The van der Waals surface area contributed by atoms with Gasteiger partial charge in [-0.2, -0.15) is 0 Å². The molecule has 0 aliphatic carbocycles. The first-order chi connectivity index (χ1) is 14.6. The predicted octanol–water partition coefficient (Wildman–Crippen LogP) is 4.37. The zero-order chi connectivity index (χ0) is 20.8. The van der Waals surface area contributed by atoms with Crippen molar-refractivity contribution in [1.82, 2.24) is 24.1 Å². The van der Waals surface area contributed by atoms with Gasteiger partial charge in [-0.25, -0.2) is 15.0 Å². The normalized spacial score (nSPS) is 11.7. The van der Waals surface area contributed by atoms with E-state index in [4.69, 9.17) is 15.0 Å². The molecule has 30 heavy (non-hydrogen) atoms. The van der Waals surface area contributed by atoms with E-state index >= 15 is 0 Å². The van der Waals surface area contributed by atoms with E-state index in [9.17, 15) is 4.79 Å². The molecule has 0 N–H and O–H groups in total. The van der Waals surface area contributed by atoms with E-state index in [2.05, 4.69) is 38.1 Å². The Morgan fingerprint density at radius 3 is 2.23 bits per heavy atom. The molecule has 2 aromatic carbocycles. The molecule has 0 radical (unpaired) electrons. The van der Waals surface area contributed by atoms with Crippen molar-refractivity contribution in [2.24, 2.45) is 0 Å². The monoisotopic (exact) mass is 397 g/mol. The van der Waals surface area contributed by atoms with Crippen LogP contribution in [0.5, 0.6) is 0 Å². The Hall–Kier alpha value is -3.54. The molecule has 5 aromatic rings. The first kappa shape index (κ1) is 18.5. The SMILES string of the molecule is CCCn1c(C)nc2c(c1=O)c1nc3ccccc3nc1n2Cc1ccc(C)cc1. The van der Waals surface area contributed by atoms with Gasteiger partial charge < -0.3 is 4.57 Å². The molecule has 150 valence electrons. The van der Waals surface area contributed by atoms with Crippen LogP contribution >= 0.6 is 0 Å². The Morgan fingerprint density at radius 2 is 1.53 bits per heavy atom. The number of hydrogen-bond donors (Lipinski definition) is 0. The molecule has 0 bridgehead atoms. The van der Waals surface area contributed by atoms with Crippen LogP contribution in [-0.2, 0) is 13.1 Å². The second kappa shape index (κ2) is 7.06. The number of benzene rings is 2. The van der Waals surface area contributed by atoms with Gasteiger partial charge in [0.2, 0.25) is 0 Å². The van der Waals surface area contributed by atoms with Crippen molar-refractivity contribution < 1.29 is 0 Å². The van der Waals surface area contributed by atoms with E-state index in [-0.39, 0.29) is 5.56 Å². The van der Waals surface area contributed by atoms with Gasteiger partial charge >= 0.3 is 0 Å². The number of nitrogens with zero attached hydrogens (tertiary/aromatic N) is 5. The molecule has 3 heterocycles. The summed E-state index contributed by atoms with van der Waals surface area (Å²) in [5, 5.41) is 0.550. The number of aromatic nitrogens is 5. The van der Waals surface area contributed by atoms with E-state index < -0.39 is 0 Å². The van der Waals surface area contributed by atoms with Gasteiger partial charge in [0, 0.05) is 6.54 Å². The Bertz CT molecular complexity index is 1460. The average molecular weight is 397 g/mol. The highest BCUT2D eigenvalue weighted by molar-refractivity contribution is 6.04. The van der Waals surface area contributed by atoms with Crippen molar-refractivity contribution in [2.75, 3.05) is 0 Å². The summed E-state index contributed by atoms with van der Waals surface area (Å²) in [6.07, 6.45) is 0.866. The van der Waals surface area contributed by atoms with Crippen LogP contribution < -0.4 is 5.56 Å². The fourth-order valence-corrected chi connectivity index (χ4v) is 4.01. The second-order valence-electron chi connectivity index (χ2n) is 7.77. The Labute approximate surface area is 173 Å². The molecule has 0 unspecified atom stereocenters. The van der Waals surface area contributed by atoms with Gasteiger partial charge in [0.15, 0.2) is 11.3 Å². The zero-order valence-electron chi connectivity index (χ0n) is 17.4. The molecule has 0 fully saturated rings. The standard InChI is InChI=1S/C24H23N5O/c1-4-13-28-16(3)25-22-20(24(28)30)21-23(27-19-8-6-5-7-18(19)26-21)29(22)14-17-11-9-15(2)10-12-17/h5-12H,4,13-14H2,1-3H3. The number of aryl methyl sites for hydroxylation is 2. The minimum absolute atomic E-state index is 0.0448. The quantitative estimate of drug-likeness (QED) is 0.452. The molecule has 5 rings (SSSR count). The molecule has 0 atom stereocenters. The Balaban J connectivity index is 1.88. The lowest BCUT2D eigenvalue weighted by Crippen LogP contribution is -2.24. The Morgan fingerprint density at radius 1 is 0.833 bits per heavy atom. The van der Waals surface area contributed by atoms with E-state index in [1.165, 1.54) is 5.56 Å². The van der Waals surface area contributed by atoms with Gasteiger partial charge in [-0.15, -0.1) is 0 Å². The van der Waals surface area contributed by atoms with Crippen molar-refractivity contribution in [3.63, 3.8) is 0 Å². The topological polar surface area (TPSA) is 65.6 Å². The van der Waals surface area contributed by atoms with E-state index in [0.29, 0.717) is 41.1 Å². The highest BCUT2D eigenvalue weighted by Gasteiger charge is 2.21. The minimum Gasteiger partial charge on any atom is -0.304 e. The van der Waals surface area contributed by atoms with Crippen molar-refractivity contribution in [3.05, 3.63) is 75.8 Å². The van der Waals surface area contributed by atoms with E-state index in [1.54, 1.807) is 4.57 Å². The summed E-state index contributed by atoms with van der Waals surface area (Å²) >= 11 is 0. The Kier molecular flexibility index (Phi) is 4.35. The van der Waals surface area contributed by atoms with Crippen LogP contribution in [0.1, 0.15) is 30.3 Å². The summed E-state index contributed by atoms with van der Waals surface area (Å²) in [5.74, 6) is 0.715. The maximum Gasteiger partial charge on any atom is 0.265 e. The van der Waals surface area contributed by atoms with Crippen molar-refractivity contribution in [1.29, 1.82) is 0 Å². The van der Waals surface area contributed by atoms with Crippen LogP contribution in [0.2, 0.25) is 0 Å². The number of para-hydroxylation sites is 2. The summed E-state index contributed by atoms with van der Waals surface area (Å²) in [5.41, 5.74) is 5.85. The highest BCUT2D eigenvalue weighted by Crippen LogP contribution is 2.26. The first-order valence-electron chi connectivity index (χ1n) is 10.3. The van der Waals surface area contributed by atoms with Gasteiger partial charge in [-0.3, -0.25) is 9.36 Å². The predicted molar refractivity (Wildman–Crippen MR) is 120 cm³/mol. The number of fused-ring (bicyclic) bond motifs is 4. The molecule has 6 nitrogen and oxygen atoms in total. The van der Waals surface area contributed by atoms with Crippen LogP contribution in [0.3, 0.4) is 0 Å². The molecule has 0 saturated heterocycles. The number of hydrogen-bond acceptors (Lipinski definition) is 4. The summed E-state index contributed by atoms with van der Waals surface area (Å²) in [4.78, 5) is 28.0. The largest absolute Gasteiger partial charge is 0.304 e. The fraction of sp³-hybridized carbons (Fsp3) is 0.250. The maximum atomic E-state index is 13.4. The van der Waals surface area contributed by atoms with Crippen molar-refractivity contribution >= 4 is 33.2 Å². The lowest BCUT2D eigenvalue weighted by Gasteiger charge is -2.10. The number of rotatable bonds is 4. The molecule has 0 amide bonds. The third kappa shape index (κ3) is 2.87. The summed E-state index contributed by atoms with van der Waals surface area (Å²) in [7, 11) is 0. The van der Waals surface area contributed by atoms with E-state index in [1.807, 2.05) is 35.8 Å². The van der Waals surface area contributed by atoms with Crippen LogP contribution in [0.4, 0.5) is 0 Å². The van der Waals surface area contributed by atoms with Gasteiger partial charge in [-0.05, 0) is 38.0 Å². The van der Waals surface area contributed by atoms with Crippen LogP contribution in [0.15, 0.2) is 53.3 Å². The van der Waals surface area contributed by atoms with E-state index in [0.717, 1.165) is 23.0 Å². The smallest absolute Gasteiger partial charge is 0.265 e.